The lowest BCUT2D eigenvalue weighted by molar-refractivity contribution is 0.00694. The van der Waals surface area contributed by atoms with Gasteiger partial charge in [-0.2, -0.15) is 0 Å². The highest BCUT2D eigenvalue weighted by Crippen LogP contribution is 2.15. The maximum Gasteiger partial charge on any atom is 0.338 e. The van der Waals surface area contributed by atoms with Gasteiger partial charge in [0, 0.05) is 0 Å². The van der Waals surface area contributed by atoms with Crippen molar-refractivity contribution >= 4 is 5.97 Å². The van der Waals surface area contributed by atoms with Gasteiger partial charge in [-0.25, -0.2) is 4.79 Å². The second-order valence-electron chi connectivity index (χ2n) is 4.80. The molecule has 0 bridgehead atoms. The quantitative estimate of drug-likeness (QED) is 0.659. The number of aryl methyl sites for hydroxylation is 2. The lowest BCUT2D eigenvalue weighted by atomic mass is 10.1. The summed E-state index contributed by atoms with van der Waals surface area (Å²) in [5.41, 5.74) is 2.48. The Kier molecular flexibility index (Phi) is 3.18. The summed E-state index contributed by atoms with van der Waals surface area (Å²) >= 11 is 0. The molecule has 1 rings (SSSR count). The van der Waals surface area contributed by atoms with Crippen LogP contribution in [0.15, 0.2) is 18.2 Å². The fourth-order valence-corrected chi connectivity index (χ4v) is 1.21. The first kappa shape index (κ1) is 11.8. The van der Waals surface area contributed by atoms with Gasteiger partial charge in [0.2, 0.25) is 0 Å². The van der Waals surface area contributed by atoms with E-state index in [2.05, 4.69) is 0 Å². The molecule has 0 saturated heterocycles. The number of benzene rings is 1. The molecule has 82 valence electrons. The molecule has 0 aliphatic heterocycles. The molecule has 0 N–H and O–H groups in total. The lowest BCUT2D eigenvalue weighted by Gasteiger charge is -2.19. The molecule has 0 spiro atoms. The van der Waals surface area contributed by atoms with Gasteiger partial charge in [0.15, 0.2) is 0 Å². The van der Waals surface area contributed by atoms with E-state index < -0.39 is 5.60 Å². The van der Waals surface area contributed by atoms with E-state index in [1.165, 1.54) is 5.56 Å². The molecule has 15 heavy (non-hydrogen) atoms. The number of hydrogen-bond acceptors (Lipinski definition) is 2. The number of ether oxygens (including phenoxy) is 1. The van der Waals surface area contributed by atoms with Gasteiger partial charge in [-0.15, -0.1) is 0 Å². The van der Waals surface area contributed by atoms with Crippen molar-refractivity contribution in [2.24, 2.45) is 0 Å². The van der Waals surface area contributed by atoms with E-state index >= 15 is 0 Å². The normalized spacial score (nSPS) is 11.3. The molecule has 0 atom stereocenters. The highest BCUT2D eigenvalue weighted by Gasteiger charge is 2.17. The SMILES string of the molecule is Cc1ccc(C(=O)OC(C)(C)C)cc1C. The maximum absolute atomic E-state index is 11.7. The first-order chi connectivity index (χ1) is 6.79. The van der Waals surface area contributed by atoms with Crippen LogP contribution in [0, 0.1) is 13.8 Å². The fraction of sp³-hybridized carbons (Fsp3) is 0.462. The number of carbonyl (C=O) groups excluding carboxylic acids is 1. The van der Waals surface area contributed by atoms with Crippen molar-refractivity contribution in [1.82, 2.24) is 0 Å². The highest BCUT2D eigenvalue weighted by molar-refractivity contribution is 5.90. The zero-order valence-corrected chi connectivity index (χ0v) is 10.0. The summed E-state index contributed by atoms with van der Waals surface area (Å²) in [6.45, 7) is 9.61. The van der Waals surface area contributed by atoms with Crippen LogP contribution < -0.4 is 0 Å². The maximum atomic E-state index is 11.7. The number of hydrogen-bond donors (Lipinski definition) is 0. The molecule has 0 aromatic heterocycles. The summed E-state index contributed by atoms with van der Waals surface area (Å²) in [7, 11) is 0. The van der Waals surface area contributed by atoms with E-state index in [0.717, 1.165) is 5.56 Å². The van der Waals surface area contributed by atoms with Crippen molar-refractivity contribution in [1.29, 1.82) is 0 Å². The van der Waals surface area contributed by atoms with Crippen molar-refractivity contribution < 1.29 is 9.53 Å². The first-order valence-electron chi connectivity index (χ1n) is 5.10. The standard InChI is InChI=1S/C13H18O2/c1-9-6-7-11(8-10(9)2)12(14)15-13(3,4)5/h6-8H,1-5H3. The van der Waals surface area contributed by atoms with Crippen molar-refractivity contribution in [3.8, 4) is 0 Å². The highest BCUT2D eigenvalue weighted by atomic mass is 16.6. The van der Waals surface area contributed by atoms with Gasteiger partial charge < -0.3 is 4.74 Å². The van der Waals surface area contributed by atoms with Crippen LogP contribution in [-0.4, -0.2) is 11.6 Å². The zero-order valence-electron chi connectivity index (χ0n) is 10.0. The smallest absolute Gasteiger partial charge is 0.338 e. The van der Waals surface area contributed by atoms with Crippen LogP contribution in [0.25, 0.3) is 0 Å². The van der Waals surface area contributed by atoms with E-state index in [9.17, 15) is 4.79 Å². The first-order valence-corrected chi connectivity index (χ1v) is 5.10. The Bertz CT molecular complexity index is 373. The van der Waals surface area contributed by atoms with Gasteiger partial charge >= 0.3 is 5.97 Å². The third-order valence-corrected chi connectivity index (χ3v) is 2.14. The summed E-state index contributed by atoms with van der Waals surface area (Å²) in [5.74, 6) is -0.259. The zero-order chi connectivity index (χ0) is 11.6. The van der Waals surface area contributed by atoms with E-state index in [4.69, 9.17) is 4.74 Å². The minimum Gasteiger partial charge on any atom is -0.456 e. The largest absolute Gasteiger partial charge is 0.456 e. The van der Waals surface area contributed by atoms with Crippen LogP contribution in [0.2, 0.25) is 0 Å². The van der Waals surface area contributed by atoms with Crippen molar-refractivity contribution in [3.05, 3.63) is 34.9 Å². The average Bonchev–Trinajstić information content (AvgIpc) is 2.06. The van der Waals surface area contributed by atoms with Gasteiger partial charge in [-0.05, 0) is 57.9 Å². The molecule has 0 saturated carbocycles. The number of esters is 1. The average molecular weight is 206 g/mol. The molecule has 0 amide bonds. The summed E-state index contributed by atoms with van der Waals surface area (Å²) < 4.78 is 5.28. The van der Waals surface area contributed by atoms with Crippen LogP contribution >= 0.6 is 0 Å². The molecule has 1 aromatic carbocycles. The van der Waals surface area contributed by atoms with Crippen molar-refractivity contribution in [2.45, 2.75) is 40.2 Å². The molecule has 0 aliphatic rings. The Balaban J connectivity index is 2.88. The molecule has 0 fully saturated rings. The number of carbonyl (C=O) groups is 1. The predicted octanol–water partition coefficient (Wildman–Crippen LogP) is 3.26. The molecule has 2 heteroatoms. The Hall–Kier alpha value is -1.31. The van der Waals surface area contributed by atoms with E-state index in [-0.39, 0.29) is 5.97 Å². The molecule has 0 heterocycles. The second kappa shape index (κ2) is 4.05. The molecule has 0 radical (unpaired) electrons. The Morgan fingerprint density at radius 2 is 1.73 bits per heavy atom. The summed E-state index contributed by atoms with van der Waals surface area (Å²) in [4.78, 5) is 11.7. The molecular formula is C13H18O2. The number of rotatable bonds is 1. The molecule has 0 aliphatic carbocycles. The van der Waals surface area contributed by atoms with Crippen molar-refractivity contribution in [3.63, 3.8) is 0 Å². The minimum atomic E-state index is -0.435. The topological polar surface area (TPSA) is 26.3 Å². The Morgan fingerprint density at radius 1 is 1.13 bits per heavy atom. The molecule has 1 aromatic rings. The lowest BCUT2D eigenvalue weighted by Crippen LogP contribution is -2.23. The van der Waals surface area contributed by atoms with E-state index in [1.807, 2.05) is 46.8 Å². The van der Waals surface area contributed by atoms with Crippen LogP contribution in [-0.2, 0) is 4.74 Å². The Morgan fingerprint density at radius 3 is 2.20 bits per heavy atom. The van der Waals surface area contributed by atoms with Gasteiger partial charge in [0.05, 0.1) is 5.56 Å². The summed E-state index contributed by atoms with van der Waals surface area (Å²) in [5, 5.41) is 0. The molecular weight excluding hydrogens is 188 g/mol. The van der Waals surface area contributed by atoms with Crippen LogP contribution in [0.4, 0.5) is 0 Å². The monoisotopic (exact) mass is 206 g/mol. The van der Waals surface area contributed by atoms with Gasteiger partial charge in [-0.3, -0.25) is 0 Å². The molecule has 0 unspecified atom stereocenters. The van der Waals surface area contributed by atoms with Crippen LogP contribution in [0.1, 0.15) is 42.3 Å². The van der Waals surface area contributed by atoms with Crippen LogP contribution in [0.3, 0.4) is 0 Å². The second-order valence-corrected chi connectivity index (χ2v) is 4.80. The van der Waals surface area contributed by atoms with Crippen molar-refractivity contribution in [2.75, 3.05) is 0 Å². The summed E-state index contributed by atoms with van der Waals surface area (Å²) in [6, 6.07) is 5.61. The third kappa shape index (κ3) is 3.39. The van der Waals surface area contributed by atoms with Gasteiger partial charge in [0.1, 0.15) is 5.60 Å². The predicted molar refractivity (Wildman–Crippen MR) is 61.1 cm³/mol. The van der Waals surface area contributed by atoms with E-state index in [0.29, 0.717) is 5.56 Å². The summed E-state index contributed by atoms with van der Waals surface area (Å²) in [6.07, 6.45) is 0. The van der Waals surface area contributed by atoms with Gasteiger partial charge in [0.25, 0.3) is 0 Å². The minimum absolute atomic E-state index is 0.259. The van der Waals surface area contributed by atoms with Crippen LogP contribution in [0.5, 0.6) is 0 Å². The van der Waals surface area contributed by atoms with Gasteiger partial charge in [-0.1, -0.05) is 6.07 Å². The molecule has 2 nitrogen and oxygen atoms in total. The van der Waals surface area contributed by atoms with E-state index in [1.54, 1.807) is 6.07 Å². The third-order valence-electron chi connectivity index (χ3n) is 2.14. The Labute approximate surface area is 91.3 Å². The fourth-order valence-electron chi connectivity index (χ4n) is 1.21.